The van der Waals surface area contributed by atoms with E-state index in [1.807, 2.05) is 0 Å². The Bertz CT molecular complexity index is 266. The number of hydrogen-bond acceptors (Lipinski definition) is 1. The van der Waals surface area contributed by atoms with Gasteiger partial charge in [-0.05, 0) is 38.5 Å². The molecule has 0 saturated heterocycles. The van der Waals surface area contributed by atoms with Crippen molar-refractivity contribution in [3.8, 4) is 11.8 Å². The average Bonchev–Trinajstić information content (AvgIpc) is 2.25. The Balaban J connectivity index is 2.39. The molecule has 1 atom stereocenters. The highest BCUT2D eigenvalue weighted by molar-refractivity contribution is 4.99. The van der Waals surface area contributed by atoms with Crippen LogP contribution in [0.2, 0.25) is 0 Å². The van der Waals surface area contributed by atoms with Crippen molar-refractivity contribution in [2.24, 2.45) is 17.6 Å². The third-order valence-corrected chi connectivity index (χ3v) is 3.35. The smallest absolute Gasteiger partial charge is 0.327 e. The van der Waals surface area contributed by atoms with Gasteiger partial charge in [0.05, 0.1) is 5.92 Å². The van der Waals surface area contributed by atoms with Crippen LogP contribution in [0.25, 0.3) is 0 Å². The van der Waals surface area contributed by atoms with Crippen LogP contribution < -0.4 is 5.73 Å². The molecule has 0 bridgehead atoms. The molecule has 1 saturated carbocycles. The molecular weight excluding hydrogens is 215 g/mol. The van der Waals surface area contributed by atoms with Crippen molar-refractivity contribution in [1.82, 2.24) is 0 Å². The van der Waals surface area contributed by atoms with Gasteiger partial charge < -0.3 is 5.73 Å². The number of halogens is 3. The molecule has 1 aliphatic carbocycles. The first-order chi connectivity index (χ1) is 7.45. The summed E-state index contributed by atoms with van der Waals surface area (Å²) in [6.45, 7) is 1.74. The minimum atomic E-state index is -4.03. The predicted molar refractivity (Wildman–Crippen MR) is 57.5 cm³/mol. The van der Waals surface area contributed by atoms with E-state index in [0.717, 1.165) is 0 Å². The highest BCUT2D eigenvalue weighted by Gasteiger charge is 2.41. The molecule has 1 fully saturated rings. The van der Waals surface area contributed by atoms with Gasteiger partial charge in [-0.15, -0.1) is 11.8 Å². The maximum atomic E-state index is 12.4. The van der Waals surface area contributed by atoms with Crippen LogP contribution in [0.15, 0.2) is 0 Å². The standard InChI is InChI=1S/C12H18F3N/c1-2-3-4-11(16)9-5-7-10(8-6-9)12(13,14)15/h9-11H,4-8,16H2,1H3. The Morgan fingerprint density at radius 2 is 1.81 bits per heavy atom. The first kappa shape index (κ1) is 13.4. The molecule has 0 aromatic rings. The van der Waals surface area contributed by atoms with E-state index >= 15 is 0 Å². The number of hydrogen-bond donors (Lipinski definition) is 1. The highest BCUT2D eigenvalue weighted by atomic mass is 19.4. The Morgan fingerprint density at radius 1 is 1.25 bits per heavy atom. The number of alkyl halides is 3. The Kier molecular flexibility index (Phi) is 4.67. The molecule has 0 aromatic heterocycles. The molecular formula is C12H18F3N. The van der Waals surface area contributed by atoms with E-state index in [1.165, 1.54) is 0 Å². The van der Waals surface area contributed by atoms with Gasteiger partial charge in [0.1, 0.15) is 0 Å². The molecule has 1 aliphatic rings. The molecule has 0 heterocycles. The summed E-state index contributed by atoms with van der Waals surface area (Å²) < 4.78 is 37.3. The second-order valence-corrected chi connectivity index (χ2v) is 4.45. The van der Waals surface area contributed by atoms with E-state index in [9.17, 15) is 13.2 Å². The topological polar surface area (TPSA) is 26.0 Å². The van der Waals surface area contributed by atoms with Gasteiger partial charge in [0.15, 0.2) is 0 Å². The predicted octanol–water partition coefficient (Wildman–Crippen LogP) is 3.10. The largest absolute Gasteiger partial charge is 0.391 e. The third kappa shape index (κ3) is 3.71. The summed E-state index contributed by atoms with van der Waals surface area (Å²) in [5.41, 5.74) is 5.91. The summed E-state index contributed by atoms with van der Waals surface area (Å²) in [6.07, 6.45) is -1.83. The van der Waals surface area contributed by atoms with Crippen molar-refractivity contribution in [3.63, 3.8) is 0 Å². The molecule has 1 unspecified atom stereocenters. The molecule has 92 valence electrons. The Labute approximate surface area is 94.6 Å². The van der Waals surface area contributed by atoms with E-state index in [1.54, 1.807) is 6.92 Å². The van der Waals surface area contributed by atoms with E-state index < -0.39 is 12.1 Å². The fourth-order valence-corrected chi connectivity index (χ4v) is 2.26. The first-order valence-electron chi connectivity index (χ1n) is 5.67. The second kappa shape index (κ2) is 5.58. The van der Waals surface area contributed by atoms with E-state index in [-0.39, 0.29) is 24.8 Å². The highest BCUT2D eigenvalue weighted by Crippen LogP contribution is 2.40. The Morgan fingerprint density at radius 3 is 2.25 bits per heavy atom. The van der Waals surface area contributed by atoms with Gasteiger partial charge >= 0.3 is 6.18 Å². The lowest BCUT2D eigenvalue weighted by atomic mass is 9.78. The quantitative estimate of drug-likeness (QED) is 0.729. The van der Waals surface area contributed by atoms with E-state index in [4.69, 9.17) is 5.73 Å². The van der Waals surface area contributed by atoms with Gasteiger partial charge in [0.25, 0.3) is 0 Å². The van der Waals surface area contributed by atoms with Crippen LogP contribution in [0.1, 0.15) is 39.0 Å². The maximum Gasteiger partial charge on any atom is 0.391 e. The summed E-state index contributed by atoms with van der Waals surface area (Å²) in [5, 5.41) is 0. The zero-order valence-corrected chi connectivity index (χ0v) is 9.48. The fraction of sp³-hybridized carbons (Fsp3) is 0.833. The number of rotatable bonds is 2. The van der Waals surface area contributed by atoms with Gasteiger partial charge in [-0.2, -0.15) is 13.2 Å². The maximum absolute atomic E-state index is 12.4. The van der Waals surface area contributed by atoms with Gasteiger partial charge in [-0.3, -0.25) is 0 Å². The van der Waals surface area contributed by atoms with Crippen LogP contribution in [-0.4, -0.2) is 12.2 Å². The zero-order chi connectivity index (χ0) is 12.2. The normalized spacial score (nSPS) is 28.1. The van der Waals surface area contributed by atoms with E-state index in [0.29, 0.717) is 19.3 Å². The van der Waals surface area contributed by atoms with Crippen molar-refractivity contribution < 1.29 is 13.2 Å². The first-order valence-corrected chi connectivity index (χ1v) is 5.67. The number of nitrogens with two attached hydrogens (primary N) is 1. The van der Waals surface area contributed by atoms with Crippen LogP contribution in [0, 0.1) is 23.7 Å². The van der Waals surface area contributed by atoms with Crippen LogP contribution in [0.3, 0.4) is 0 Å². The average molecular weight is 233 g/mol. The fourth-order valence-electron chi connectivity index (χ4n) is 2.26. The van der Waals surface area contributed by atoms with Crippen molar-refractivity contribution in [2.75, 3.05) is 0 Å². The van der Waals surface area contributed by atoms with Crippen LogP contribution in [-0.2, 0) is 0 Å². The SMILES string of the molecule is CC#CCC(N)C1CCC(C(F)(F)F)CC1. The van der Waals surface area contributed by atoms with Crippen LogP contribution >= 0.6 is 0 Å². The molecule has 1 nitrogen and oxygen atoms in total. The molecule has 0 amide bonds. The molecule has 0 spiro atoms. The summed E-state index contributed by atoms with van der Waals surface area (Å²) in [4.78, 5) is 0. The van der Waals surface area contributed by atoms with Crippen LogP contribution in [0.4, 0.5) is 13.2 Å². The lowest BCUT2D eigenvalue weighted by Crippen LogP contribution is -2.35. The molecule has 0 aromatic carbocycles. The summed E-state index contributed by atoms with van der Waals surface area (Å²) in [7, 11) is 0. The monoisotopic (exact) mass is 233 g/mol. The van der Waals surface area contributed by atoms with E-state index in [2.05, 4.69) is 11.8 Å². The molecule has 0 aliphatic heterocycles. The third-order valence-electron chi connectivity index (χ3n) is 3.35. The van der Waals surface area contributed by atoms with Crippen molar-refractivity contribution >= 4 is 0 Å². The molecule has 4 heteroatoms. The minimum absolute atomic E-state index is 0.0679. The minimum Gasteiger partial charge on any atom is -0.327 e. The van der Waals surface area contributed by atoms with Crippen molar-refractivity contribution in [1.29, 1.82) is 0 Å². The van der Waals surface area contributed by atoms with Crippen LogP contribution in [0.5, 0.6) is 0 Å². The lowest BCUT2D eigenvalue weighted by molar-refractivity contribution is -0.184. The lowest BCUT2D eigenvalue weighted by Gasteiger charge is -2.32. The summed E-state index contributed by atoms with van der Waals surface area (Å²) >= 11 is 0. The van der Waals surface area contributed by atoms with Crippen molar-refractivity contribution in [2.45, 2.75) is 51.2 Å². The van der Waals surface area contributed by atoms with Gasteiger partial charge in [-0.1, -0.05) is 0 Å². The van der Waals surface area contributed by atoms with Gasteiger partial charge in [0.2, 0.25) is 0 Å². The van der Waals surface area contributed by atoms with Gasteiger partial charge in [0, 0.05) is 12.5 Å². The summed E-state index contributed by atoms with van der Waals surface area (Å²) in [5.74, 6) is 4.74. The molecule has 0 radical (unpaired) electrons. The summed E-state index contributed by atoms with van der Waals surface area (Å²) in [6, 6.07) is -0.0679. The van der Waals surface area contributed by atoms with Gasteiger partial charge in [-0.25, -0.2) is 0 Å². The Hall–Kier alpha value is -0.690. The zero-order valence-electron chi connectivity index (χ0n) is 9.48. The molecule has 16 heavy (non-hydrogen) atoms. The molecule has 1 rings (SSSR count). The van der Waals surface area contributed by atoms with Crippen molar-refractivity contribution in [3.05, 3.63) is 0 Å². The second-order valence-electron chi connectivity index (χ2n) is 4.45. The molecule has 2 N–H and O–H groups in total.